The van der Waals surface area contributed by atoms with Crippen molar-refractivity contribution in [2.45, 2.75) is 39.5 Å². The monoisotopic (exact) mass is 347 g/mol. The van der Waals surface area contributed by atoms with Crippen LogP contribution in [0.2, 0.25) is 0 Å². The maximum absolute atomic E-state index is 11.6. The quantitative estimate of drug-likeness (QED) is 0.192. The molecule has 0 unspecified atom stereocenters. The number of esters is 1. The summed E-state index contributed by atoms with van der Waals surface area (Å²) in [6, 6.07) is 5.52. The molecule has 1 rings (SSSR count). The van der Waals surface area contributed by atoms with Gasteiger partial charge >= 0.3 is 5.97 Å². The van der Waals surface area contributed by atoms with Crippen molar-refractivity contribution in [2.24, 2.45) is 0 Å². The van der Waals surface area contributed by atoms with Gasteiger partial charge in [-0.1, -0.05) is 37.5 Å². The first-order chi connectivity index (χ1) is 12.0. The fourth-order valence-corrected chi connectivity index (χ4v) is 1.96. The van der Waals surface area contributed by atoms with Crippen LogP contribution in [0.15, 0.2) is 48.1 Å². The van der Waals surface area contributed by atoms with Crippen LogP contribution >= 0.6 is 0 Å². The molecule has 0 bridgehead atoms. The smallest absolute Gasteiger partial charge is 0.344 e. The average Bonchev–Trinajstić information content (AvgIpc) is 2.60. The number of rotatable bonds is 11. The van der Waals surface area contributed by atoms with E-state index >= 15 is 0 Å². The van der Waals surface area contributed by atoms with Gasteiger partial charge in [0.15, 0.2) is 6.61 Å². The molecule has 0 atom stereocenters. The molecule has 0 radical (unpaired) electrons. The number of benzene rings is 1. The molecule has 0 aromatic heterocycles. The second-order valence-electron chi connectivity index (χ2n) is 5.57. The second kappa shape index (κ2) is 11.8. The fraction of sp³-hybridized carbons (Fsp3) is 0.421. The number of allylic oxidation sites excluding steroid dienone is 3. The molecule has 0 saturated heterocycles. The molecular formula is C19H25NO5. The van der Waals surface area contributed by atoms with E-state index in [0.29, 0.717) is 5.75 Å². The number of nitro groups is 1. The van der Waals surface area contributed by atoms with Gasteiger partial charge in [0.1, 0.15) is 12.4 Å². The van der Waals surface area contributed by atoms with Crippen LogP contribution < -0.4 is 4.74 Å². The normalized spacial score (nSPS) is 11.5. The Morgan fingerprint density at radius 3 is 2.60 bits per heavy atom. The van der Waals surface area contributed by atoms with Gasteiger partial charge in [-0.15, -0.1) is 0 Å². The number of carbonyl (C=O) groups excluding carboxylic acids is 1. The van der Waals surface area contributed by atoms with E-state index in [4.69, 9.17) is 9.47 Å². The molecule has 0 aliphatic heterocycles. The number of ether oxygens (including phenoxy) is 2. The molecule has 0 spiro atoms. The molecule has 0 aliphatic rings. The van der Waals surface area contributed by atoms with Crippen molar-refractivity contribution >= 4 is 11.7 Å². The predicted octanol–water partition coefficient (Wildman–Crippen LogP) is 4.60. The molecule has 1 aromatic rings. The molecule has 0 heterocycles. The van der Waals surface area contributed by atoms with Gasteiger partial charge in [0, 0.05) is 12.1 Å². The maximum atomic E-state index is 11.6. The summed E-state index contributed by atoms with van der Waals surface area (Å²) >= 11 is 0. The van der Waals surface area contributed by atoms with Gasteiger partial charge in [-0.25, -0.2) is 4.79 Å². The Labute approximate surface area is 148 Å². The minimum atomic E-state index is -0.495. The third kappa shape index (κ3) is 9.30. The lowest BCUT2D eigenvalue weighted by atomic mass is 10.2. The maximum Gasteiger partial charge on any atom is 0.344 e. The SMILES string of the molecule is CCCCC/C=C/C(C)=C/COC(=O)COc1ccc([N+](=O)[O-])cc1. The molecule has 0 saturated carbocycles. The molecule has 0 aliphatic carbocycles. The number of hydrogen-bond donors (Lipinski definition) is 0. The van der Waals surface area contributed by atoms with Crippen molar-refractivity contribution in [1.29, 1.82) is 0 Å². The first-order valence-electron chi connectivity index (χ1n) is 8.39. The van der Waals surface area contributed by atoms with Gasteiger partial charge in [0.25, 0.3) is 5.69 Å². The van der Waals surface area contributed by atoms with Crippen molar-refractivity contribution in [3.8, 4) is 5.75 Å². The van der Waals surface area contributed by atoms with Crippen molar-refractivity contribution in [2.75, 3.05) is 13.2 Å². The van der Waals surface area contributed by atoms with E-state index in [-0.39, 0.29) is 18.9 Å². The third-order valence-corrected chi connectivity index (χ3v) is 3.41. The van der Waals surface area contributed by atoms with E-state index in [1.165, 1.54) is 43.5 Å². The summed E-state index contributed by atoms with van der Waals surface area (Å²) in [6.07, 6.45) is 10.7. The van der Waals surface area contributed by atoms with Gasteiger partial charge in [-0.3, -0.25) is 10.1 Å². The molecule has 6 heteroatoms. The highest BCUT2D eigenvalue weighted by Crippen LogP contribution is 2.17. The second-order valence-corrected chi connectivity index (χ2v) is 5.57. The number of nitrogens with zero attached hydrogens (tertiary/aromatic N) is 1. The highest BCUT2D eigenvalue weighted by molar-refractivity contribution is 5.71. The zero-order valence-electron chi connectivity index (χ0n) is 14.8. The zero-order valence-corrected chi connectivity index (χ0v) is 14.8. The van der Waals surface area contributed by atoms with Crippen LogP contribution in [0.1, 0.15) is 39.5 Å². The molecule has 136 valence electrons. The van der Waals surface area contributed by atoms with Crippen molar-refractivity contribution in [1.82, 2.24) is 0 Å². The minimum absolute atomic E-state index is 0.0294. The summed E-state index contributed by atoms with van der Waals surface area (Å²) in [5.41, 5.74) is 1.01. The third-order valence-electron chi connectivity index (χ3n) is 3.41. The van der Waals surface area contributed by atoms with Gasteiger partial charge in [-0.05, 0) is 38.0 Å². The first-order valence-corrected chi connectivity index (χ1v) is 8.39. The zero-order chi connectivity index (χ0) is 18.5. The number of hydrogen-bond acceptors (Lipinski definition) is 5. The summed E-state index contributed by atoms with van der Waals surface area (Å²) in [7, 11) is 0. The summed E-state index contributed by atoms with van der Waals surface area (Å²) < 4.78 is 10.3. The van der Waals surface area contributed by atoms with Crippen LogP contribution in [0.25, 0.3) is 0 Å². The largest absolute Gasteiger partial charge is 0.482 e. The van der Waals surface area contributed by atoms with Crippen LogP contribution in [0.5, 0.6) is 5.75 Å². The Morgan fingerprint density at radius 1 is 1.24 bits per heavy atom. The van der Waals surface area contributed by atoms with Crippen molar-refractivity contribution in [3.05, 3.63) is 58.2 Å². The molecule has 25 heavy (non-hydrogen) atoms. The average molecular weight is 347 g/mol. The Hall–Kier alpha value is -2.63. The number of carbonyl (C=O) groups is 1. The minimum Gasteiger partial charge on any atom is -0.482 e. The molecule has 1 aromatic carbocycles. The number of non-ortho nitro benzene ring substituents is 1. The lowest BCUT2D eigenvalue weighted by molar-refractivity contribution is -0.384. The van der Waals surface area contributed by atoms with E-state index in [1.54, 1.807) is 0 Å². The van der Waals surface area contributed by atoms with E-state index < -0.39 is 10.9 Å². The van der Waals surface area contributed by atoms with E-state index in [2.05, 4.69) is 13.0 Å². The summed E-state index contributed by atoms with van der Waals surface area (Å²) in [5.74, 6) is -0.112. The molecule has 0 fully saturated rings. The van der Waals surface area contributed by atoms with Crippen LogP contribution in [0.3, 0.4) is 0 Å². The lowest BCUT2D eigenvalue weighted by Crippen LogP contribution is -2.15. The van der Waals surface area contributed by atoms with E-state index in [9.17, 15) is 14.9 Å². The van der Waals surface area contributed by atoms with Crippen LogP contribution in [-0.4, -0.2) is 24.1 Å². The lowest BCUT2D eigenvalue weighted by Gasteiger charge is -2.05. The number of unbranched alkanes of at least 4 members (excludes halogenated alkanes) is 3. The van der Waals surface area contributed by atoms with Crippen molar-refractivity contribution in [3.63, 3.8) is 0 Å². The Balaban J connectivity index is 2.25. The van der Waals surface area contributed by atoms with Crippen LogP contribution in [-0.2, 0) is 9.53 Å². The molecular weight excluding hydrogens is 322 g/mol. The van der Waals surface area contributed by atoms with Gasteiger partial charge in [0.2, 0.25) is 0 Å². The van der Waals surface area contributed by atoms with Gasteiger partial charge in [-0.2, -0.15) is 0 Å². The fourth-order valence-electron chi connectivity index (χ4n) is 1.96. The molecule has 0 N–H and O–H groups in total. The van der Waals surface area contributed by atoms with Gasteiger partial charge in [0.05, 0.1) is 4.92 Å². The summed E-state index contributed by atoms with van der Waals surface area (Å²) in [6.45, 7) is 4.08. The number of nitro benzene ring substituents is 1. The topological polar surface area (TPSA) is 78.7 Å². The van der Waals surface area contributed by atoms with Gasteiger partial charge < -0.3 is 9.47 Å². The predicted molar refractivity (Wildman–Crippen MR) is 96.6 cm³/mol. The van der Waals surface area contributed by atoms with Crippen LogP contribution in [0.4, 0.5) is 5.69 Å². The summed E-state index contributed by atoms with van der Waals surface area (Å²) in [4.78, 5) is 21.7. The first kappa shape index (κ1) is 20.4. The Kier molecular flexibility index (Phi) is 9.67. The van der Waals surface area contributed by atoms with Crippen LogP contribution in [0, 0.1) is 10.1 Å². The standard InChI is InChI=1S/C19H25NO5/c1-3-4-5-6-7-8-16(2)13-14-24-19(21)15-25-18-11-9-17(10-12-18)20(22)23/h7-13H,3-6,14-15H2,1-2H3/b8-7+,16-13+. The Bertz CT molecular complexity index is 605. The molecule has 6 nitrogen and oxygen atoms in total. The molecule has 0 amide bonds. The van der Waals surface area contributed by atoms with Crippen molar-refractivity contribution < 1.29 is 19.2 Å². The highest BCUT2D eigenvalue weighted by atomic mass is 16.6. The van der Waals surface area contributed by atoms with E-state index in [0.717, 1.165) is 12.0 Å². The summed E-state index contributed by atoms with van der Waals surface area (Å²) in [5, 5.41) is 10.5. The van der Waals surface area contributed by atoms with E-state index in [1.807, 2.05) is 19.1 Å². The Morgan fingerprint density at radius 2 is 1.96 bits per heavy atom. The highest BCUT2D eigenvalue weighted by Gasteiger charge is 2.06.